The number of nitrogens with one attached hydrogen (secondary N) is 3. The number of carboxylic acids is 1. The number of ether oxygens (including phenoxy) is 2. The Morgan fingerprint density at radius 2 is 1.89 bits per heavy atom. The SMILES string of the molecule is CCNC(=O)Nc1nc2cc(-c3cnc(NC4COC(C)(C(=O)O)OC4)nc3)cc(-c3ccccn3)c2s1. The first kappa shape index (κ1) is 25.4. The van der Waals surface area contributed by atoms with E-state index in [4.69, 9.17) is 9.47 Å². The average Bonchev–Trinajstić information content (AvgIpc) is 3.32. The van der Waals surface area contributed by atoms with Crippen molar-refractivity contribution in [1.29, 1.82) is 0 Å². The van der Waals surface area contributed by atoms with E-state index in [1.807, 2.05) is 37.3 Å². The third kappa shape index (κ3) is 5.39. The first-order valence-electron chi connectivity index (χ1n) is 11.9. The van der Waals surface area contributed by atoms with E-state index in [0.717, 1.165) is 27.1 Å². The number of aliphatic carboxylic acids is 1. The zero-order chi connectivity index (χ0) is 26.7. The number of hydrogen-bond acceptors (Lipinski definition) is 10. The number of carbonyl (C=O) groups is 2. The molecule has 0 bridgehead atoms. The van der Waals surface area contributed by atoms with Crippen molar-refractivity contribution in [2.45, 2.75) is 25.7 Å². The number of anilines is 2. The number of nitrogens with zero attached hydrogens (tertiary/aromatic N) is 4. The minimum absolute atomic E-state index is 0.133. The highest BCUT2D eigenvalue weighted by molar-refractivity contribution is 7.22. The summed E-state index contributed by atoms with van der Waals surface area (Å²) in [6.07, 6.45) is 5.10. The fraction of sp³-hybridized carbons (Fsp3) is 0.280. The number of fused-ring (bicyclic) bond motifs is 1. The number of benzene rings is 1. The summed E-state index contributed by atoms with van der Waals surface area (Å²) in [5.74, 6) is -2.47. The van der Waals surface area contributed by atoms with Crippen LogP contribution < -0.4 is 16.0 Å². The van der Waals surface area contributed by atoms with Gasteiger partial charge in [-0.15, -0.1) is 0 Å². The summed E-state index contributed by atoms with van der Waals surface area (Å²) >= 11 is 1.38. The van der Waals surface area contributed by atoms with Crippen LogP contribution in [0.5, 0.6) is 0 Å². The summed E-state index contributed by atoms with van der Waals surface area (Å²) < 4.78 is 11.6. The normalized spacial score (nSPS) is 19.2. The minimum atomic E-state index is -1.66. The maximum absolute atomic E-state index is 12.0. The monoisotopic (exact) mass is 535 g/mol. The van der Waals surface area contributed by atoms with E-state index in [9.17, 15) is 14.7 Å². The smallest absolute Gasteiger partial charge is 0.364 e. The number of amides is 2. The van der Waals surface area contributed by atoms with Gasteiger partial charge in [0.15, 0.2) is 5.13 Å². The van der Waals surface area contributed by atoms with E-state index in [-0.39, 0.29) is 25.3 Å². The van der Waals surface area contributed by atoms with Gasteiger partial charge >= 0.3 is 12.0 Å². The Bertz CT molecular complexity index is 1450. The number of carboxylic acid groups (broad SMARTS) is 1. The van der Waals surface area contributed by atoms with Crippen LogP contribution in [0.15, 0.2) is 48.9 Å². The summed E-state index contributed by atoms with van der Waals surface area (Å²) in [5.41, 5.74) is 3.95. The number of carbonyl (C=O) groups excluding carboxylic acids is 1. The molecule has 2 amide bonds. The number of thiazole rings is 1. The van der Waals surface area contributed by atoms with Gasteiger partial charge < -0.3 is 25.2 Å². The molecule has 3 aromatic heterocycles. The molecular formula is C25H25N7O5S. The van der Waals surface area contributed by atoms with Crippen molar-refractivity contribution >= 4 is 44.6 Å². The fourth-order valence-electron chi connectivity index (χ4n) is 3.82. The maximum atomic E-state index is 12.0. The van der Waals surface area contributed by atoms with Gasteiger partial charge in [0.1, 0.15) is 0 Å². The molecule has 4 N–H and O–H groups in total. The Morgan fingerprint density at radius 3 is 2.55 bits per heavy atom. The van der Waals surface area contributed by atoms with E-state index in [0.29, 0.717) is 23.1 Å². The third-order valence-corrected chi connectivity index (χ3v) is 6.84. The van der Waals surface area contributed by atoms with E-state index in [1.165, 1.54) is 18.3 Å². The second-order valence-corrected chi connectivity index (χ2v) is 9.60. The van der Waals surface area contributed by atoms with Gasteiger partial charge in [0.2, 0.25) is 5.95 Å². The Hall–Kier alpha value is -4.20. The molecule has 38 heavy (non-hydrogen) atoms. The molecule has 196 valence electrons. The quantitative estimate of drug-likeness (QED) is 0.275. The van der Waals surface area contributed by atoms with Gasteiger partial charge in [-0.3, -0.25) is 10.3 Å². The molecule has 13 heteroatoms. The molecule has 1 aliphatic heterocycles. The molecule has 4 aromatic rings. The van der Waals surface area contributed by atoms with E-state index in [2.05, 4.69) is 35.9 Å². The van der Waals surface area contributed by atoms with Crippen LogP contribution in [0.2, 0.25) is 0 Å². The molecule has 0 unspecified atom stereocenters. The molecule has 0 spiro atoms. The van der Waals surface area contributed by atoms with Gasteiger partial charge in [-0.05, 0) is 36.8 Å². The third-order valence-electron chi connectivity index (χ3n) is 5.82. The van der Waals surface area contributed by atoms with Crippen molar-refractivity contribution in [2.24, 2.45) is 0 Å². The van der Waals surface area contributed by atoms with Gasteiger partial charge in [-0.2, -0.15) is 0 Å². The number of pyridine rings is 1. The first-order chi connectivity index (χ1) is 18.3. The lowest BCUT2D eigenvalue weighted by Crippen LogP contribution is -2.51. The first-order valence-corrected chi connectivity index (χ1v) is 12.7. The number of aromatic nitrogens is 4. The van der Waals surface area contributed by atoms with Crippen LogP contribution in [0.4, 0.5) is 15.9 Å². The van der Waals surface area contributed by atoms with Crippen LogP contribution in [0.1, 0.15) is 13.8 Å². The zero-order valence-corrected chi connectivity index (χ0v) is 21.4. The molecule has 5 rings (SSSR count). The van der Waals surface area contributed by atoms with Gasteiger partial charge in [0.25, 0.3) is 5.79 Å². The Morgan fingerprint density at radius 1 is 1.13 bits per heavy atom. The van der Waals surface area contributed by atoms with Crippen molar-refractivity contribution < 1.29 is 24.2 Å². The molecule has 1 aliphatic rings. The lowest BCUT2D eigenvalue weighted by Gasteiger charge is -2.34. The molecule has 0 aliphatic carbocycles. The topological polar surface area (TPSA) is 160 Å². The number of hydrogen-bond donors (Lipinski definition) is 4. The molecule has 1 saturated heterocycles. The van der Waals surface area contributed by atoms with Crippen LogP contribution in [0.3, 0.4) is 0 Å². The molecule has 12 nitrogen and oxygen atoms in total. The summed E-state index contributed by atoms with van der Waals surface area (Å²) in [5, 5.41) is 18.3. The zero-order valence-electron chi connectivity index (χ0n) is 20.6. The highest BCUT2D eigenvalue weighted by Crippen LogP contribution is 2.38. The van der Waals surface area contributed by atoms with Crippen LogP contribution in [-0.4, -0.2) is 68.6 Å². The average molecular weight is 536 g/mol. The minimum Gasteiger partial charge on any atom is -0.477 e. The van der Waals surface area contributed by atoms with Gasteiger partial charge in [0.05, 0.1) is 35.2 Å². The van der Waals surface area contributed by atoms with Crippen molar-refractivity contribution in [3.05, 3.63) is 48.9 Å². The number of urea groups is 1. The lowest BCUT2D eigenvalue weighted by atomic mass is 10.0. The highest BCUT2D eigenvalue weighted by Gasteiger charge is 2.40. The lowest BCUT2D eigenvalue weighted by molar-refractivity contribution is -0.259. The van der Waals surface area contributed by atoms with Gasteiger partial charge in [0, 0.05) is 43.2 Å². The fourth-order valence-corrected chi connectivity index (χ4v) is 4.78. The van der Waals surface area contributed by atoms with Crippen molar-refractivity contribution in [1.82, 2.24) is 25.3 Å². The molecule has 0 atom stereocenters. The molecule has 0 radical (unpaired) electrons. The Balaban J connectivity index is 1.40. The van der Waals surface area contributed by atoms with Gasteiger partial charge in [-0.25, -0.2) is 24.5 Å². The predicted octanol–water partition coefficient (Wildman–Crippen LogP) is 3.58. The van der Waals surface area contributed by atoms with Crippen molar-refractivity contribution in [3.8, 4) is 22.4 Å². The molecule has 4 heterocycles. The second-order valence-electron chi connectivity index (χ2n) is 8.60. The summed E-state index contributed by atoms with van der Waals surface area (Å²) in [7, 11) is 0. The highest BCUT2D eigenvalue weighted by atomic mass is 32.1. The second kappa shape index (κ2) is 10.7. The van der Waals surface area contributed by atoms with Gasteiger partial charge in [-0.1, -0.05) is 17.4 Å². The van der Waals surface area contributed by atoms with Crippen molar-refractivity contribution in [3.63, 3.8) is 0 Å². The Labute approximate surface area is 221 Å². The molecular weight excluding hydrogens is 510 g/mol. The predicted molar refractivity (Wildman–Crippen MR) is 142 cm³/mol. The molecule has 1 aromatic carbocycles. The Kier molecular flexibility index (Phi) is 7.13. The van der Waals surface area contributed by atoms with Crippen LogP contribution in [-0.2, 0) is 14.3 Å². The van der Waals surface area contributed by atoms with E-state index < -0.39 is 11.8 Å². The molecule has 1 fully saturated rings. The van der Waals surface area contributed by atoms with Crippen LogP contribution in [0.25, 0.3) is 32.6 Å². The van der Waals surface area contributed by atoms with Crippen LogP contribution >= 0.6 is 11.3 Å². The molecule has 0 saturated carbocycles. The summed E-state index contributed by atoms with van der Waals surface area (Å²) in [4.78, 5) is 41.3. The van der Waals surface area contributed by atoms with E-state index in [1.54, 1.807) is 18.6 Å². The summed E-state index contributed by atoms with van der Waals surface area (Å²) in [6.45, 7) is 3.99. The van der Waals surface area contributed by atoms with Crippen LogP contribution in [0, 0.1) is 0 Å². The largest absolute Gasteiger partial charge is 0.477 e. The standard InChI is InChI=1S/C25H25N7O5S/c1-3-26-23(35)32-24-31-19-9-14(8-17(20(19)38-24)18-6-4-5-7-27-18)15-10-28-22(29-11-15)30-16-12-36-25(2,21(33)34)37-13-16/h4-11,16H,3,12-13H2,1-2H3,(H,33,34)(H,28,29,30)(H2,26,31,32,35). The summed E-state index contributed by atoms with van der Waals surface area (Å²) in [6, 6.07) is 8.99. The van der Waals surface area contributed by atoms with Crippen molar-refractivity contribution in [2.75, 3.05) is 30.4 Å². The van der Waals surface area contributed by atoms with E-state index >= 15 is 0 Å². The maximum Gasteiger partial charge on any atom is 0.364 e. The number of rotatable bonds is 7.